The molecule has 4 amide bonds. The highest BCUT2D eigenvalue weighted by atomic mass is 79.9. The SMILES string of the molecule is C=CCOc1c(Br)cc(/C=C2\C(=O)NC(=O)N(c3cc(C)cc(C)c3)C2=O)cc1OC. The molecule has 31 heavy (non-hydrogen) atoms. The number of carbonyl (C=O) groups excluding carboxylic acids is 3. The average Bonchev–Trinajstić information content (AvgIpc) is 2.69. The van der Waals surface area contributed by atoms with Gasteiger partial charge in [-0.15, -0.1) is 0 Å². The Hall–Kier alpha value is -3.39. The van der Waals surface area contributed by atoms with Gasteiger partial charge in [-0.25, -0.2) is 9.69 Å². The summed E-state index contributed by atoms with van der Waals surface area (Å²) < 4.78 is 11.5. The minimum Gasteiger partial charge on any atom is -0.493 e. The minimum atomic E-state index is -0.788. The number of anilines is 1. The van der Waals surface area contributed by atoms with Crippen molar-refractivity contribution < 1.29 is 23.9 Å². The number of imide groups is 2. The van der Waals surface area contributed by atoms with E-state index in [1.807, 2.05) is 19.9 Å². The van der Waals surface area contributed by atoms with Gasteiger partial charge in [0.15, 0.2) is 11.5 Å². The van der Waals surface area contributed by atoms with Gasteiger partial charge >= 0.3 is 6.03 Å². The van der Waals surface area contributed by atoms with Crippen molar-refractivity contribution in [1.82, 2.24) is 5.32 Å². The molecule has 2 aromatic rings. The van der Waals surface area contributed by atoms with Crippen molar-refractivity contribution in [2.45, 2.75) is 13.8 Å². The molecule has 1 aliphatic heterocycles. The van der Waals surface area contributed by atoms with Crippen LogP contribution in [0.15, 0.2) is 53.0 Å². The van der Waals surface area contributed by atoms with Crippen molar-refractivity contribution in [2.75, 3.05) is 18.6 Å². The smallest absolute Gasteiger partial charge is 0.335 e. The lowest BCUT2D eigenvalue weighted by Crippen LogP contribution is -2.54. The first-order valence-electron chi connectivity index (χ1n) is 9.36. The van der Waals surface area contributed by atoms with Crippen molar-refractivity contribution in [2.24, 2.45) is 0 Å². The molecule has 0 atom stereocenters. The number of halogens is 1. The molecule has 0 saturated carbocycles. The van der Waals surface area contributed by atoms with E-state index in [1.54, 1.807) is 30.3 Å². The fraction of sp³-hybridized carbons (Fsp3) is 0.174. The maximum Gasteiger partial charge on any atom is 0.335 e. The molecule has 7 nitrogen and oxygen atoms in total. The molecule has 1 N–H and O–H groups in total. The van der Waals surface area contributed by atoms with E-state index in [-0.39, 0.29) is 12.2 Å². The number of nitrogens with one attached hydrogen (secondary N) is 1. The molecular weight excluding hydrogens is 464 g/mol. The maximum atomic E-state index is 13.1. The van der Waals surface area contributed by atoms with Crippen LogP contribution in [-0.4, -0.2) is 31.6 Å². The van der Waals surface area contributed by atoms with Crippen LogP contribution in [-0.2, 0) is 9.59 Å². The van der Waals surface area contributed by atoms with Crippen LogP contribution >= 0.6 is 15.9 Å². The monoisotopic (exact) mass is 484 g/mol. The molecule has 3 rings (SSSR count). The first-order valence-corrected chi connectivity index (χ1v) is 10.2. The molecular formula is C23H21BrN2O5. The zero-order valence-electron chi connectivity index (χ0n) is 17.3. The lowest BCUT2D eigenvalue weighted by Gasteiger charge is -2.27. The topological polar surface area (TPSA) is 84.9 Å². The molecule has 1 fully saturated rings. The van der Waals surface area contributed by atoms with E-state index in [0.29, 0.717) is 27.2 Å². The molecule has 2 aromatic carbocycles. The van der Waals surface area contributed by atoms with Crippen molar-refractivity contribution in [3.05, 3.63) is 69.7 Å². The van der Waals surface area contributed by atoms with E-state index >= 15 is 0 Å². The second-order valence-corrected chi connectivity index (χ2v) is 7.79. The Bertz CT molecular complexity index is 1100. The largest absolute Gasteiger partial charge is 0.493 e. The number of hydrogen-bond donors (Lipinski definition) is 1. The van der Waals surface area contributed by atoms with E-state index in [2.05, 4.69) is 27.8 Å². The van der Waals surface area contributed by atoms with Gasteiger partial charge in [0, 0.05) is 0 Å². The average molecular weight is 485 g/mol. The van der Waals surface area contributed by atoms with Crippen LogP contribution in [0.25, 0.3) is 6.08 Å². The molecule has 1 saturated heterocycles. The number of hydrogen-bond acceptors (Lipinski definition) is 5. The maximum absolute atomic E-state index is 13.1. The van der Waals surface area contributed by atoms with E-state index in [4.69, 9.17) is 9.47 Å². The van der Waals surface area contributed by atoms with Gasteiger partial charge in [-0.1, -0.05) is 18.7 Å². The molecule has 0 aromatic heterocycles. The van der Waals surface area contributed by atoms with Gasteiger partial charge in [-0.05, 0) is 76.8 Å². The summed E-state index contributed by atoms with van der Waals surface area (Å²) in [6.45, 7) is 7.63. The van der Waals surface area contributed by atoms with Crippen LogP contribution in [0.4, 0.5) is 10.5 Å². The lowest BCUT2D eigenvalue weighted by atomic mass is 10.0. The molecule has 0 unspecified atom stereocenters. The Labute approximate surface area is 188 Å². The van der Waals surface area contributed by atoms with Crippen LogP contribution in [0.2, 0.25) is 0 Å². The quantitative estimate of drug-likeness (QED) is 0.375. The summed E-state index contributed by atoms with van der Waals surface area (Å²) in [5, 5.41) is 2.23. The van der Waals surface area contributed by atoms with E-state index in [1.165, 1.54) is 13.2 Å². The first kappa shape index (κ1) is 22.3. The minimum absolute atomic E-state index is 0.174. The van der Waals surface area contributed by atoms with Crippen LogP contribution in [0.1, 0.15) is 16.7 Å². The summed E-state index contributed by atoms with van der Waals surface area (Å²) in [6, 6.07) is 7.88. The fourth-order valence-corrected chi connectivity index (χ4v) is 3.82. The highest BCUT2D eigenvalue weighted by Crippen LogP contribution is 2.37. The summed E-state index contributed by atoms with van der Waals surface area (Å²) in [7, 11) is 1.48. The third-order valence-corrected chi connectivity index (χ3v) is 5.06. The second-order valence-electron chi connectivity index (χ2n) is 6.94. The Balaban J connectivity index is 2.04. The Kier molecular flexibility index (Phi) is 6.60. The van der Waals surface area contributed by atoms with Crippen molar-refractivity contribution in [1.29, 1.82) is 0 Å². The Morgan fingerprint density at radius 1 is 1.10 bits per heavy atom. The highest BCUT2D eigenvalue weighted by molar-refractivity contribution is 9.10. The standard InChI is InChI=1S/C23H21BrN2O5/c1-5-6-31-20-18(24)11-15(12-19(20)30-4)10-17-21(27)25-23(29)26(22(17)28)16-8-13(2)7-14(3)9-16/h5,7-12H,1,6H2,2-4H3,(H,25,27,29)/b17-10+. The summed E-state index contributed by atoms with van der Waals surface area (Å²) in [5.74, 6) is -0.594. The number of barbiturate groups is 1. The number of benzene rings is 2. The van der Waals surface area contributed by atoms with Gasteiger partial charge in [0.05, 0.1) is 17.3 Å². The number of nitrogens with zero attached hydrogens (tertiary/aromatic N) is 1. The lowest BCUT2D eigenvalue weighted by molar-refractivity contribution is -0.122. The molecule has 0 aliphatic carbocycles. The molecule has 0 radical (unpaired) electrons. The molecule has 8 heteroatoms. The van der Waals surface area contributed by atoms with E-state index < -0.39 is 17.8 Å². The Morgan fingerprint density at radius 2 is 1.77 bits per heavy atom. The van der Waals surface area contributed by atoms with Crippen LogP contribution in [0.5, 0.6) is 11.5 Å². The van der Waals surface area contributed by atoms with Crippen molar-refractivity contribution >= 4 is 45.5 Å². The predicted molar refractivity (Wildman–Crippen MR) is 121 cm³/mol. The molecule has 1 heterocycles. The summed E-state index contributed by atoms with van der Waals surface area (Å²) >= 11 is 3.42. The molecule has 160 valence electrons. The molecule has 0 spiro atoms. The third kappa shape index (κ3) is 4.69. The highest BCUT2D eigenvalue weighted by Gasteiger charge is 2.37. The first-order chi connectivity index (χ1) is 14.7. The molecule has 1 aliphatic rings. The van der Waals surface area contributed by atoms with Gasteiger partial charge in [0.25, 0.3) is 11.8 Å². The number of carbonyl (C=O) groups is 3. The number of rotatable bonds is 6. The van der Waals surface area contributed by atoms with Crippen molar-refractivity contribution in [3.63, 3.8) is 0 Å². The number of amides is 4. The molecule has 0 bridgehead atoms. The zero-order valence-corrected chi connectivity index (χ0v) is 18.9. The van der Waals surface area contributed by atoms with Crippen molar-refractivity contribution in [3.8, 4) is 11.5 Å². The summed E-state index contributed by atoms with van der Waals surface area (Å²) in [6.07, 6.45) is 3.01. The fourth-order valence-electron chi connectivity index (χ4n) is 3.24. The van der Waals surface area contributed by atoms with Gasteiger partial charge in [0.1, 0.15) is 12.2 Å². The van der Waals surface area contributed by atoms with Gasteiger partial charge in [0.2, 0.25) is 0 Å². The number of methoxy groups -OCH3 is 1. The number of aryl methyl sites for hydroxylation is 2. The summed E-state index contributed by atoms with van der Waals surface area (Å²) in [5.41, 5.74) is 2.52. The van der Waals surface area contributed by atoms with E-state index in [9.17, 15) is 14.4 Å². The third-order valence-electron chi connectivity index (χ3n) is 4.47. The van der Waals surface area contributed by atoms with Gasteiger partial charge in [-0.3, -0.25) is 14.9 Å². The number of ether oxygens (including phenoxy) is 2. The normalized spacial score (nSPS) is 15.2. The van der Waals surface area contributed by atoms with Gasteiger partial charge in [-0.2, -0.15) is 0 Å². The van der Waals surface area contributed by atoms with Crippen LogP contribution < -0.4 is 19.7 Å². The predicted octanol–water partition coefficient (Wildman–Crippen LogP) is 4.31. The zero-order chi connectivity index (χ0) is 22.7. The van der Waals surface area contributed by atoms with Gasteiger partial charge < -0.3 is 9.47 Å². The summed E-state index contributed by atoms with van der Waals surface area (Å²) in [4.78, 5) is 39.0. The van der Waals surface area contributed by atoms with E-state index in [0.717, 1.165) is 16.0 Å². The Morgan fingerprint density at radius 3 is 2.39 bits per heavy atom. The van der Waals surface area contributed by atoms with Crippen LogP contribution in [0.3, 0.4) is 0 Å². The second kappa shape index (κ2) is 9.18. The van der Waals surface area contributed by atoms with Crippen LogP contribution in [0, 0.1) is 13.8 Å². The number of urea groups is 1.